The Morgan fingerprint density at radius 3 is 3.10 bits per heavy atom. The van der Waals surface area contributed by atoms with Crippen LogP contribution in [-0.4, -0.2) is 30.2 Å². The molecule has 1 unspecified atom stereocenters. The van der Waals surface area contributed by atoms with E-state index in [0.717, 1.165) is 17.9 Å². The number of nitrogens with zero attached hydrogens (tertiary/aromatic N) is 4. The molecule has 0 amide bonds. The Bertz CT molecular complexity index is 1110. The van der Waals surface area contributed by atoms with Gasteiger partial charge in [-0.1, -0.05) is 23.4 Å². The van der Waals surface area contributed by atoms with E-state index in [2.05, 4.69) is 36.5 Å². The van der Waals surface area contributed by atoms with Gasteiger partial charge in [-0.05, 0) is 11.4 Å². The number of benzene rings is 1. The lowest BCUT2D eigenvalue weighted by molar-refractivity contribution is -0.991. The van der Waals surface area contributed by atoms with E-state index in [1.165, 1.54) is 10.9 Å². The summed E-state index contributed by atoms with van der Waals surface area (Å²) < 4.78 is 5.62. The molecule has 10 heteroatoms. The largest absolute Gasteiger partial charge is 0.595 e. The number of thiophene rings is 1. The van der Waals surface area contributed by atoms with Crippen LogP contribution in [0.5, 0.6) is 0 Å². The number of hydrogen-bond donors (Lipinski definition) is 3. The zero-order chi connectivity index (χ0) is 19.8. The zero-order valence-electron chi connectivity index (χ0n) is 15.3. The number of aromatic nitrogens is 4. The van der Waals surface area contributed by atoms with Crippen molar-refractivity contribution in [2.24, 2.45) is 0 Å². The van der Waals surface area contributed by atoms with Crippen LogP contribution in [0.2, 0.25) is 0 Å². The number of aromatic amines is 1. The summed E-state index contributed by atoms with van der Waals surface area (Å²) in [5, 5.41) is 25.6. The Hall–Kier alpha value is -2.89. The minimum atomic E-state index is -0.990. The van der Waals surface area contributed by atoms with Crippen molar-refractivity contribution in [3.05, 3.63) is 75.5 Å². The second-order valence-corrected chi connectivity index (χ2v) is 7.91. The van der Waals surface area contributed by atoms with Gasteiger partial charge in [0.15, 0.2) is 5.69 Å². The van der Waals surface area contributed by atoms with Crippen LogP contribution in [0.15, 0.2) is 52.6 Å². The average Bonchev–Trinajstić information content (AvgIpc) is 3.49. The van der Waals surface area contributed by atoms with Gasteiger partial charge in [0.2, 0.25) is 11.7 Å². The molecule has 0 saturated heterocycles. The van der Waals surface area contributed by atoms with Crippen molar-refractivity contribution in [3.63, 3.8) is 0 Å². The topological polar surface area (TPSA) is 119 Å². The normalized spacial score (nSPS) is 17.9. The predicted molar refractivity (Wildman–Crippen MR) is 104 cm³/mol. The molecule has 1 aromatic carbocycles. The van der Waals surface area contributed by atoms with Crippen LogP contribution in [-0.2, 0) is 19.5 Å². The first-order chi connectivity index (χ1) is 14.2. The quantitative estimate of drug-likeness (QED) is 0.432. The van der Waals surface area contributed by atoms with Gasteiger partial charge in [0.05, 0.1) is 23.8 Å². The number of fused-ring (bicyclic) bond motifs is 1. The molecule has 29 heavy (non-hydrogen) atoms. The molecule has 2 atom stereocenters. The summed E-state index contributed by atoms with van der Waals surface area (Å²) >= 11 is 1.71. The lowest BCUT2D eigenvalue weighted by Crippen LogP contribution is -2.99. The molecule has 0 aliphatic carbocycles. The number of nitrogens with one attached hydrogen (secondary N) is 2. The Morgan fingerprint density at radius 2 is 2.28 bits per heavy atom. The summed E-state index contributed by atoms with van der Waals surface area (Å²) in [5.41, 5.74) is 2.91. The van der Waals surface area contributed by atoms with E-state index in [9.17, 15) is 10.4 Å². The van der Waals surface area contributed by atoms with Gasteiger partial charge in [-0.15, -0.1) is 11.3 Å². The van der Waals surface area contributed by atoms with Crippen molar-refractivity contribution in [2.45, 2.75) is 25.6 Å². The first kappa shape index (κ1) is 18.2. The number of hydrogen-bond acceptors (Lipinski definition) is 8. The summed E-state index contributed by atoms with van der Waals surface area (Å²) in [4.78, 5) is 15.8. The lowest BCUT2D eigenvalue weighted by Gasteiger charge is -2.32. The summed E-state index contributed by atoms with van der Waals surface area (Å²) in [7, 11) is 0. The number of H-pyrrole nitrogens is 1. The van der Waals surface area contributed by atoms with Gasteiger partial charge in [0, 0.05) is 42.1 Å². The van der Waals surface area contributed by atoms with Crippen LogP contribution in [0.1, 0.15) is 28.2 Å². The Kier molecular flexibility index (Phi) is 4.70. The monoisotopic (exact) mass is 410 g/mol. The van der Waals surface area contributed by atoms with Crippen LogP contribution in [0.4, 0.5) is 5.69 Å². The summed E-state index contributed by atoms with van der Waals surface area (Å²) in [6.07, 6.45) is 2.38. The fraction of sp³-hybridized carbons (Fsp3) is 0.211. The first-order valence-corrected chi connectivity index (χ1v) is 10.0. The van der Waals surface area contributed by atoms with Gasteiger partial charge >= 0.3 is 0 Å². The van der Waals surface area contributed by atoms with Crippen molar-refractivity contribution in [2.75, 3.05) is 0 Å². The van der Waals surface area contributed by atoms with Crippen molar-refractivity contribution in [1.29, 1.82) is 0 Å². The third kappa shape index (κ3) is 3.59. The molecule has 0 bridgehead atoms. The molecule has 0 saturated carbocycles. The smallest absolute Gasteiger partial charge is 0.244 e. The number of quaternary nitrogens is 1. The van der Waals surface area contributed by atoms with E-state index < -0.39 is 5.23 Å². The minimum absolute atomic E-state index is 0.100. The molecule has 4 heterocycles. The van der Waals surface area contributed by atoms with Crippen LogP contribution in [0.3, 0.4) is 0 Å². The molecule has 0 radical (unpaired) electrons. The van der Waals surface area contributed by atoms with E-state index in [0.29, 0.717) is 30.2 Å². The van der Waals surface area contributed by atoms with Crippen molar-refractivity contribution >= 4 is 17.0 Å². The van der Waals surface area contributed by atoms with Gasteiger partial charge in [-0.3, -0.25) is 4.90 Å². The van der Waals surface area contributed by atoms with E-state index in [1.807, 2.05) is 6.07 Å². The molecule has 1 aliphatic heterocycles. The molecule has 0 fully saturated rings. The van der Waals surface area contributed by atoms with Crippen LogP contribution in [0.25, 0.3) is 11.4 Å². The van der Waals surface area contributed by atoms with Gasteiger partial charge < -0.3 is 14.7 Å². The molecule has 3 N–H and O–H groups in total. The molecular formula is C19H18N6O3S. The van der Waals surface area contributed by atoms with Crippen molar-refractivity contribution < 1.29 is 15.0 Å². The summed E-state index contributed by atoms with van der Waals surface area (Å²) in [6.45, 7) is 1.48. The van der Waals surface area contributed by atoms with Gasteiger partial charge in [0.1, 0.15) is 0 Å². The Morgan fingerprint density at radius 1 is 1.34 bits per heavy atom. The standard InChI is InChI=1S/C19H18N6O3S/c26-25(27)13-4-1-3-12(7-13)18-22-19(28-23-18)17-8-15-16(21-11-20-15)10-24(17)9-14-5-2-6-29-14/h1-7,11,17,25-26H,8-10H2,(H,20,21)/t17-/m0/s1. The maximum absolute atomic E-state index is 11.2. The Labute approximate surface area is 169 Å². The van der Waals surface area contributed by atoms with Gasteiger partial charge in [-0.25, -0.2) is 10.2 Å². The minimum Gasteiger partial charge on any atom is -0.595 e. The predicted octanol–water partition coefficient (Wildman–Crippen LogP) is 2.22. The molecular weight excluding hydrogens is 392 g/mol. The van der Waals surface area contributed by atoms with E-state index >= 15 is 0 Å². The van der Waals surface area contributed by atoms with E-state index in [1.54, 1.807) is 35.9 Å². The second-order valence-electron chi connectivity index (χ2n) is 6.87. The van der Waals surface area contributed by atoms with E-state index in [-0.39, 0.29) is 11.7 Å². The van der Waals surface area contributed by atoms with Crippen molar-refractivity contribution in [1.82, 2.24) is 25.0 Å². The van der Waals surface area contributed by atoms with Crippen LogP contribution in [0, 0.1) is 5.21 Å². The summed E-state index contributed by atoms with van der Waals surface area (Å²) in [5.74, 6) is 0.887. The second kappa shape index (κ2) is 7.50. The third-order valence-corrected chi connectivity index (χ3v) is 5.89. The molecule has 0 spiro atoms. The number of imidazole rings is 1. The number of rotatable bonds is 5. The molecule has 4 aromatic rings. The molecule has 5 rings (SSSR count). The zero-order valence-corrected chi connectivity index (χ0v) is 16.1. The maximum Gasteiger partial charge on any atom is 0.244 e. The first-order valence-electron chi connectivity index (χ1n) is 9.12. The Balaban J connectivity index is 1.46. The van der Waals surface area contributed by atoms with Gasteiger partial charge in [-0.2, -0.15) is 10.2 Å². The molecule has 3 aromatic heterocycles. The maximum atomic E-state index is 11.2. The lowest BCUT2D eigenvalue weighted by atomic mass is 10.0. The highest BCUT2D eigenvalue weighted by Gasteiger charge is 2.33. The highest BCUT2D eigenvalue weighted by molar-refractivity contribution is 7.09. The van der Waals surface area contributed by atoms with E-state index in [4.69, 9.17) is 4.52 Å². The van der Waals surface area contributed by atoms with Crippen LogP contribution < -0.4 is 5.23 Å². The average molecular weight is 410 g/mol. The highest BCUT2D eigenvalue weighted by Crippen LogP contribution is 2.33. The SMILES string of the molecule is [O-][NH+](O)c1cccc(-c2noc([C@@H]3Cc4nc[nH]c4CN3Cc3cccs3)n2)c1. The highest BCUT2D eigenvalue weighted by atomic mass is 32.1. The fourth-order valence-electron chi connectivity index (χ4n) is 3.58. The summed E-state index contributed by atoms with van der Waals surface area (Å²) in [6, 6.07) is 10.6. The van der Waals surface area contributed by atoms with Crippen LogP contribution >= 0.6 is 11.3 Å². The third-order valence-electron chi connectivity index (χ3n) is 5.03. The molecule has 148 valence electrons. The fourth-order valence-corrected chi connectivity index (χ4v) is 4.31. The molecule has 1 aliphatic rings. The molecule has 9 nitrogen and oxygen atoms in total. The van der Waals surface area contributed by atoms with Gasteiger partial charge in [0.25, 0.3) is 0 Å². The van der Waals surface area contributed by atoms with Crippen molar-refractivity contribution in [3.8, 4) is 11.4 Å².